The lowest BCUT2D eigenvalue weighted by Gasteiger charge is -2.28. The fraction of sp³-hybridized carbons (Fsp3) is 0.714. The summed E-state index contributed by atoms with van der Waals surface area (Å²) in [6.45, 7) is 0.713. The van der Waals surface area contributed by atoms with Gasteiger partial charge in [0.15, 0.2) is 6.29 Å². The molecule has 0 aliphatic carbocycles. The maximum Gasteiger partial charge on any atom is 0.213 e. The standard InChI is InChI=1S/C7H12N2O2/c8-9-4-2-1-3-6(9)7(11)5-10/h5-6H,1-4,8H2. The van der Waals surface area contributed by atoms with Crippen LogP contribution in [0.3, 0.4) is 0 Å². The SMILES string of the molecule is NN1CCCCC1C(=O)C=O. The third kappa shape index (κ3) is 1.85. The van der Waals surface area contributed by atoms with Crippen LogP contribution in [0, 0.1) is 0 Å². The summed E-state index contributed by atoms with van der Waals surface area (Å²) < 4.78 is 0. The number of ketones is 1. The third-order valence-electron chi connectivity index (χ3n) is 1.99. The molecule has 0 aromatic heterocycles. The first kappa shape index (κ1) is 8.36. The molecule has 1 rings (SSSR count). The lowest BCUT2D eigenvalue weighted by atomic mass is 10.0. The number of nitrogens with zero attached hydrogens (tertiary/aromatic N) is 1. The van der Waals surface area contributed by atoms with Gasteiger partial charge >= 0.3 is 0 Å². The van der Waals surface area contributed by atoms with Crippen molar-refractivity contribution in [3.8, 4) is 0 Å². The van der Waals surface area contributed by atoms with E-state index in [1.165, 1.54) is 5.01 Å². The number of rotatable bonds is 2. The van der Waals surface area contributed by atoms with Crippen molar-refractivity contribution in [2.75, 3.05) is 6.54 Å². The molecular formula is C7H12N2O2. The smallest absolute Gasteiger partial charge is 0.213 e. The van der Waals surface area contributed by atoms with Crippen molar-refractivity contribution in [3.05, 3.63) is 0 Å². The molecule has 1 aliphatic heterocycles. The molecule has 0 aromatic rings. The van der Waals surface area contributed by atoms with Gasteiger partial charge in [-0.1, -0.05) is 6.42 Å². The number of carbonyl (C=O) groups excluding carboxylic acids is 2. The zero-order chi connectivity index (χ0) is 8.27. The first-order chi connectivity index (χ1) is 5.25. The van der Waals surface area contributed by atoms with E-state index >= 15 is 0 Å². The summed E-state index contributed by atoms with van der Waals surface area (Å²) in [4.78, 5) is 21.0. The topological polar surface area (TPSA) is 63.4 Å². The lowest BCUT2D eigenvalue weighted by molar-refractivity contribution is -0.134. The minimum absolute atomic E-state index is 0.357. The van der Waals surface area contributed by atoms with Crippen LogP contribution in [0.2, 0.25) is 0 Å². The molecule has 4 nitrogen and oxygen atoms in total. The highest BCUT2D eigenvalue weighted by Crippen LogP contribution is 2.13. The Morgan fingerprint density at radius 3 is 2.82 bits per heavy atom. The van der Waals surface area contributed by atoms with Crippen molar-refractivity contribution in [1.82, 2.24) is 5.01 Å². The molecule has 1 unspecified atom stereocenters. The Bertz CT molecular complexity index is 170. The van der Waals surface area contributed by atoms with Crippen LogP contribution in [-0.2, 0) is 9.59 Å². The monoisotopic (exact) mass is 156 g/mol. The molecule has 2 N–H and O–H groups in total. The molecule has 0 radical (unpaired) electrons. The van der Waals surface area contributed by atoms with Gasteiger partial charge in [0.1, 0.15) is 0 Å². The second-order valence-corrected chi connectivity index (χ2v) is 2.77. The van der Waals surface area contributed by atoms with Gasteiger partial charge in [-0.3, -0.25) is 15.4 Å². The molecule has 1 atom stereocenters. The van der Waals surface area contributed by atoms with E-state index in [-0.39, 0.29) is 6.04 Å². The van der Waals surface area contributed by atoms with Crippen LogP contribution >= 0.6 is 0 Å². The van der Waals surface area contributed by atoms with E-state index in [1.807, 2.05) is 0 Å². The van der Waals surface area contributed by atoms with Crippen molar-refractivity contribution < 1.29 is 9.59 Å². The van der Waals surface area contributed by atoms with E-state index < -0.39 is 5.78 Å². The number of carbonyl (C=O) groups is 2. The molecule has 0 saturated carbocycles. The number of hydrogen-bond acceptors (Lipinski definition) is 4. The predicted molar refractivity (Wildman–Crippen MR) is 39.6 cm³/mol. The van der Waals surface area contributed by atoms with E-state index in [2.05, 4.69) is 0 Å². The van der Waals surface area contributed by atoms with Crippen LogP contribution in [0.15, 0.2) is 0 Å². The Labute approximate surface area is 65.3 Å². The first-order valence-corrected chi connectivity index (χ1v) is 3.76. The van der Waals surface area contributed by atoms with Crippen molar-refractivity contribution in [3.63, 3.8) is 0 Å². The quantitative estimate of drug-likeness (QED) is 0.332. The van der Waals surface area contributed by atoms with E-state index in [0.717, 1.165) is 12.8 Å². The predicted octanol–water partition coefficient (Wildman–Crippen LogP) is -0.517. The summed E-state index contributed by atoms with van der Waals surface area (Å²) >= 11 is 0. The lowest BCUT2D eigenvalue weighted by Crippen LogP contribution is -2.49. The number of hydrazine groups is 1. The van der Waals surface area contributed by atoms with Gasteiger partial charge in [-0.05, 0) is 12.8 Å². The average Bonchev–Trinajstić information content (AvgIpc) is 2.04. The van der Waals surface area contributed by atoms with Crippen molar-refractivity contribution in [2.45, 2.75) is 25.3 Å². The molecule has 1 aliphatic rings. The number of nitrogens with two attached hydrogens (primary N) is 1. The fourth-order valence-electron chi connectivity index (χ4n) is 1.34. The van der Waals surface area contributed by atoms with E-state index in [4.69, 9.17) is 5.84 Å². The van der Waals surface area contributed by atoms with Crippen LogP contribution in [0.4, 0.5) is 0 Å². The average molecular weight is 156 g/mol. The molecule has 11 heavy (non-hydrogen) atoms. The van der Waals surface area contributed by atoms with Crippen LogP contribution in [-0.4, -0.2) is 29.7 Å². The second kappa shape index (κ2) is 3.59. The molecule has 0 aromatic carbocycles. The Morgan fingerprint density at radius 2 is 2.27 bits per heavy atom. The highest BCUT2D eigenvalue weighted by molar-refractivity contribution is 6.27. The minimum atomic E-state index is -0.396. The highest BCUT2D eigenvalue weighted by Gasteiger charge is 2.25. The maximum absolute atomic E-state index is 10.9. The highest BCUT2D eigenvalue weighted by atomic mass is 16.2. The summed E-state index contributed by atoms with van der Waals surface area (Å²) in [6.07, 6.45) is 3.07. The van der Waals surface area contributed by atoms with Gasteiger partial charge in [0.05, 0.1) is 6.04 Å². The number of Topliss-reactive ketones (excluding diaryl/α,β-unsaturated/α-hetero) is 1. The van der Waals surface area contributed by atoms with Crippen LogP contribution < -0.4 is 5.84 Å². The molecule has 62 valence electrons. The van der Waals surface area contributed by atoms with E-state index in [1.54, 1.807) is 0 Å². The van der Waals surface area contributed by atoms with Crippen molar-refractivity contribution in [1.29, 1.82) is 0 Å². The molecule has 1 heterocycles. The zero-order valence-electron chi connectivity index (χ0n) is 6.32. The normalized spacial score (nSPS) is 26.5. The zero-order valence-corrected chi connectivity index (χ0v) is 6.32. The van der Waals surface area contributed by atoms with Gasteiger partial charge in [-0.2, -0.15) is 0 Å². The third-order valence-corrected chi connectivity index (χ3v) is 1.99. The summed E-state index contributed by atoms with van der Waals surface area (Å²) in [5.41, 5.74) is 0. The Hall–Kier alpha value is -0.740. The number of piperidine rings is 1. The van der Waals surface area contributed by atoms with Crippen LogP contribution in [0.1, 0.15) is 19.3 Å². The molecule has 4 heteroatoms. The molecule has 0 bridgehead atoms. The summed E-state index contributed by atoms with van der Waals surface area (Å²) in [5, 5.41) is 1.46. The molecular weight excluding hydrogens is 144 g/mol. The number of hydrogen-bond donors (Lipinski definition) is 1. The summed E-state index contributed by atoms with van der Waals surface area (Å²) in [7, 11) is 0. The summed E-state index contributed by atoms with van der Waals surface area (Å²) in [6, 6.07) is -0.360. The van der Waals surface area contributed by atoms with Crippen LogP contribution in [0.5, 0.6) is 0 Å². The van der Waals surface area contributed by atoms with Gasteiger partial charge in [0.2, 0.25) is 5.78 Å². The van der Waals surface area contributed by atoms with Crippen LogP contribution in [0.25, 0.3) is 0 Å². The summed E-state index contributed by atoms with van der Waals surface area (Å²) in [5.74, 6) is 5.11. The van der Waals surface area contributed by atoms with E-state index in [9.17, 15) is 9.59 Å². The van der Waals surface area contributed by atoms with Crippen molar-refractivity contribution >= 4 is 12.1 Å². The number of aldehydes is 1. The Morgan fingerprint density at radius 1 is 1.55 bits per heavy atom. The van der Waals surface area contributed by atoms with Gasteiger partial charge in [0, 0.05) is 6.54 Å². The molecule has 1 fully saturated rings. The van der Waals surface area contributed by atoms with Gasteiger partial charge in [-0.25, -0.2) is 5.01 Å². The Kier molecular flexibility index (Phi) is 2.73. The largest absolute Gasteiger partial charge is 0.295 e. The minimum Gasteiger partial charge on any atom is -0.295 e. The second-order valence-electron chi connectivity index (χ2n) is 2.77. The van der Waals surface area contributed by atoms with Crippen molar-refractivity contribution in [2.24, 2.45) is 5.84 Å². The Balaban J connectivity index is 2.53. The molecule has 0 spiro atoms. The van der Waals surface area contributed by atoms with Gasteiger partial charge < -0.3 is 0 Å². The van der Waals surface area contributed by atoms with E-state index in [0.29, 0.717) is 19.3 Å². The molecule has 1 saturated heterocycles. The fourth-order valence-corrected chi connectivity index (χ4v) is 1.34. The van der Waals surface area contributed by atoms with Gasteiger partial charge in [0.25, 0.3) is 0 Å². The van der Waals surface area contributed by atoms with Gasteiger partial charge in [-0.15, -0.1) is 0 Å². The maximum atomic E-state index is 10.9. The first-order valence-electron chi connectivity index (χ1n) is 3.76. The molecule has 0 amide bonds.